The molecule has 116 valence electrons. The molecule has 0 fully saturated rings. The first-order valence-electron chi connectivity index (χ1n) is 7.19. The Bertz CT molecular complexity index is 635. The van der Waals surface area contributed by atoms with Crippen molar-refractivity contribution in [1.29, 1.82) is 0 Å². The van der Waals surface area contributed by atoms with Gasteiger partial charge in [0, 0.05) is 17.0 Å². The lowest BCUT2D eigenvalue weighted by atomic mass is 10.1. The van der Waals surface area contributed by atoms with Gasteiger partial charge in [0.25, 0.3) is 0 Å². The van der Waals surface area contributed by atoms with Gasteiger partial charge in [-0.25, -0.2) is 0 Å². The van der Waals surface area contributed by atoms with Crippen molar-refractivity contribution in [3.63, 3.8) is 0 Å². The van der Waals surface area contributed by atoms with E-state index >= 15 is 0 Å². The molecule has 0 spiro atoms. The molecule has 0 atom stereocenters. The van der Waals surface area contributed by atoms with Crippen molar-refractivity contribution in [3.8, 4) is 5.75 Å². The van der Waals surface area contributed by atoms with E-state index in [2.05, 4.69) is 57.9 Å². The molecule has 2 rings (SSSR count). The van der Waals surface area contributed by atoms with Gasteiger partial charge in [0.1, 0.15) is 17.1 Å². The maximum absolute atomic E-state index is 6.12. The van der Waals surface area contributed by atoms with E-state index in [1.807, 2.05) is 6.07 Å². The summed E-state index contributed by atoms with van der Waals surface area (Å²) < 4.78 is 13.4. The molecule has 0 aliphatic heterocycles. The van der Waals surface area contributed by atoms with Crippen LogP contribution in [0.4, 0.5) is 0 Å². The van der Waals surface area contributed by atoms with Crippen LogP contribution in [0.1, 0.15) is 38.5 Å². The fourth-order valence-electron chi connectivity index (χ4n) is 2.38. The minimum atomic E-state index is 0.425. The van der Waals surface area contributed by atoms with Crippen LogP contribution in [0.3, 0.4) is 0 Å². The lowest BCUT2D eigenvalue weighted by molar-refractivity contribution is 0.412. The number of aryl methyl sites for hydroxylation is 1. The van der Waals surface area contributed by atoms with Crippen molar-refractivity contribution in [1.82, 2.24) is 5.32 Å². The van der Waals surface area contributed by atoms with Gasteiger partial charge in [-0.2, -0.15) is 0 Å². The molecule has 0 aliphatic carbocycles. The first-order valence-corrected chi connectivity index (χ1v) is 8.77. The minimum absolute atomic E-state index is 0.425. The number of hydrogen-bond acceptors (Lipinski definition) is 3. The number of benzene rings is 1. The van der Waals surface area contributed by atoms with Gasteiger partial charge in [0.05, 0.1) is 22.6 Å². The number of furan rings is 1. The zero-order valence-electron chi connectivity index (χ0n) is 12.8. The summed E-state index contributed by atoms with van der Waals surface area (Å²) in [5, 5.41) is 4.55. The van der Waals surface area contributed by atoms with Gasteiger partial charge in [-0.1, -0.05) is 27.2 Å². The van der Waals surface area contributed by atoms with Crippen LogP contribution in [0.2, 0.25) is 0 Å². The Labute approximate surface area is 142 Å². The topological polar surface area (TPSA) is 34.4 Å². The van der Waals surface area contributed by atoms with E-state index in [1.54, 1.807) is 7.11 Å². The molecule has 21 heavy (non-hydrogen) atoms. The van der Waals surface area contributed by atoms with Crippen LogP contribution < -0.4 is 10.1 Å². The molecule has 5 heteroatoms. The average molecular weight is 419 g/mol. The van der Waals surface area contributed by atoms with E-state index in [0.717, 1.165) is 50.8 Å². The normalized spacial score (nSPS) is 11.6. The van der Waals surface area contributed by atoms with Crippen molar-refractivity contribution >= 4 is 42.8 Å². The maximum atomic E-state index is 6.12. The second-order valence-corrected chi connectivity index (χ2v) is 7.02. The molecule has 3 nitrogen and oxygen atoms in total. The number of halogens is 2. The number of ether oxygens (including phenoxy) is 1. The molecule has 1 heterocycles. The standard InChI is InChI=1S/C16H21Br2NO2/c1-5-6-10-13(8-19-9(2)3)21-16-11(17)7-12(20-4)15(18)14(10)16/h7,9,19H,5-6,8H2,1-4H3. The van der Waals surface area contributed by atoms with Crippen molar-refractivity contribution in [2.24, 2.45) is 0 Å². The summed E-state index contributed by atoms with van der Waals surface area (Å²) >= 11 is 7.25. The summed E-state index contributed by atoms with van der Waals surface area (Å²) in [7, 11) is 1.68. The molecule has 0 saturated carbocycles. The molecule has 1 N–H and O–H groups in total. The van der Waals surface area contributed by atoms with Crippen LogP contribution in [0, 0.1) is 0 Å². The Hall–Kier alpha value is -0.520. The molecule has 0 bridgehead atoms. The third kappa shape index (κ3) is 3.46. The molecule has 0 radical (unpaired) electrons. The highest BCUT2D eigenvalue weighted by Crippen LogP contribution is 2.42. The Kier molecular flexibility index (Phi) is 5.74. The van der Waals surface area contributed by atoms with Crippen molar-refractivity contribution in [2.75, 3.05) is 7.11 Å². The Morgan fingerprint density at radius 2 is 2.05 bits per heavy atom. The van der Waals surface area contributed by atoms with E-state index in [1.165, 1.54) is 5.56 Å². The van der Waals surface area contributed by atoms with E-state index in [9.17, 15) is 0 Å². The molecular weight excluding hydrogens is 398 g/mol. The summed E-state index contributed by atoms with van der Waals surface area (Å²) in [6.45, 7) is 7.19. The SMILES string of the molecule is CCCc1c(CNC(C)C)oc2c(Br)cc(OC)c(Br)c12. The van der Waals surface area contributed by atoms with Gasteiger partial charge >= 0.3 is 0 Å². The highest BCUT2D eigenvalue weighted by atomic mass is 79.9. The number of rotatable bonds is 6. The lowest BCUT2D eigenvalue weighted by Crippen LogP contribution is -2.22. The van der Waals surface area contributed by atoms with Crippen LogP contribution in [-0.4, -0.2) is 13.2 Å². The smallest absolute Gasteiger partial charge is 0.150 e. The second-order valence-electron chi connectivity index (χ2n) is 5.37. The molecule has 0 saturated heterocycles. The first kappa shape index (κ1) is 16.8. The molecule has 2 aromatic rings. The van der Waals surface area contributed by atoms with Crippen LogP contribution in [0.5, 0.6) is 5.75 Å². The van der Waals surface area contributed by atoms with Crippen LogP contribution in [0.25, 0.3) is 11.0 Å². The van der Waals surface area contributed by atoms with Gasteiger partial charge in [-0.05, 0) is 44.3 Å². The minimum Gasteiger partial charge on any atom is -0.496 e. The fourth-order valence-corrected chi connectivity index (χ4v) is 3.57. The number of methoxy groups -OCH3 is 1. The van der Waals surface area contributed by atoms with E-state index in [0.29, 0.717) is 6.04 Å². The van der Waals surface area contributed by atoms with Gasteiger partial charge in [-0.15, -0.1) is 0 Å². The largest absolute Gasteiger partial charge is 0.496 e. The Balaban J connectivity index is 2.62. The molecular formula is C16H21Br2NO2. The summed E-state index contributed by atoms with van der Waals surface area (Å²) in [5.74, 6) is 1.83. The second kappa shape index (κ2) is 7.16. The van der Waals surface area contributed by atoms with Gasteiger partial charge in [0.15, 0.2) is 0 Å². The quantitative estimate of drug-likeness (QED) is 0.680. The fraction of sp³-hybridized carbons (Fsp3) is 0.500. The third-order valence-corrected chi connectivity index (χ3v) is 4.77. The lowest BCUT2D eigenvalue weighted by Gasteiger charge is -2.08. The zero-order valence-corrected chi connectivity index (χ0v) is 16.0. The van der Waals surface area contributed by atoms with E-state index in [4.69, 9.17) is 9.15 Å². The molecule has 0 unspecified atom stereocenters. The maximum Gasteiger partial charge on any atom is 0.150 e. The average Bonchev–Trinajstić information content (AvgIpc) is 2.80. The predicted molar refractivity (Wildman–Crippen MR) is 94.1 cm³/mol. The summed E-state index contributed by atoms with van der Waals surface area (Å²) in [4.78, 5) is 0. The van der Waals surface area contributed by atoms with Crippen LogP contribution >= 0.6 is 31.9 Å². The predicted octanol–water partition coefficient (Wildman–Crippen LogP) is 5.42. The summed E-state index contributed by atoms with van der Waals surface area (Å²) in [6.07, 6.45) is 2.06. The Morgan fingerprint density at radius 1 is 1.33 bits per heavy atom. The van der Waals surface area contributed by atoms with Crippen LogP contribution in [0.15, 0.2) is 19.4 Å². The molecule has 1 aromatic carbocycles. The number of hydrogen-bond donors (Lipinski definition) is 1. The Morgan fingerprint density at radius 3 is 2.62 bits per heavy atom. The first-order chi connectivity index (χ1) is 9.99. The summed E-state index contributed by atoms with van der Waals surface area (Å²) in [6, 6.07) is 2.36. The monoisotopic (exact) mass is 417 g/mol. The van der Waals surface area contributed by atoms with Gasteiger partial charge in [0.2, 0.25) is 0 Å². The molecule has 0 amide bonds. The number of nitrogens with one attached hydrogen (secondary N) is 1. The third-order valence-electron chi connectivity index (χ3n) is 3.39. The van der Waals surface area contributed by atoms with Gasteiger partial charge < -0.3 is 14.5 Å². The zero-order chi connectivity index (χ0) is 15.6. The summed E-state index contributed by atoms with van der Waals surface area (Å²) in [5.41, 5.74) is 2.14. The van der Waals surface area contributed by atoms with E-state index < -0.39 is 0 Å². The number of fused-ring (bicyclic) bond motifs is 1. The van der Waals surface area contributed by atoms with Crippen molar-refractivity contribution in [3.05, 3.63) is 26.3 Å². The molecule has 1 aromatic heterocycles. The van der Waals surface area contributed by atoms with Crippen LogP contribution in [-0.2, 0) is 13.0 Å². The highest BCUT2D eigenvalue weighted by molar-refractivity contribution is 9.11. The van der Waals surface area contributed by atoms with Crippen molar-refractivity contribution < 1.29 is 9.15 Å². The van der Waals surface area contributed by atoms with Crippen molar-refractivity contribution in [2.45, 2.75) is 46.2 Å². The molecule has 0 aliphatic rings. The van der Waals surface area contributed by atoms with Gasteiger partial charge in [-0.3, -0.25) is 0 Å². The highest BCUT2D eigenvalue weighted by Gasteiger charge is 2.21. The van der Waals surface area contributed by atoms with E-state index in [-0.39, 0.29) is 0 Å².